The quantitative estimate of drug-likeness (QED) is 0.706. The molecule has 0 saturated carbocycles. The van der Waals surface area contributed by atoms with Crippen LogP contribution >= 0.6 is 12.2 Å². The average molecular weight is 218 g/mol. The molecule has 78 valence electrons. The minimum absolute atomic E-state index is 0.442. The maximum atomic E-state index is 5.40. The lowest BCUT2D eigenvalue weighted by atomic mass is 9.81. The Kier molecular flexibility index (Phi) is 2.04. The molecule has 3 heteroatoms. The minimum atomic E-state index is 0.442. The molecule has 0 spiro atoms. The maximum absolute atomic E-state index is 5.40. The molecular formula is C12H14N2S. The van der Waals surface area contributed by atoms with Crippen LogP contribution in [0.25, 0.3) is 0 Å². The zero-order chi connectivity index (χ0) is 10.4. The summed E-state index contributed by atoms with van der Waals surface area (Å²) in [5.74, 6) is 0.442. The Morgan fingerprint density at radius 3 is 3.13 bits per heavy atom. The Balaban J connectivity index is 2.11. The molecule has 1 heterocycles. The molecule has 1 aliphatic heterocycles. The SMILES string of the molecule is CN[C@@H]1Cc2cccc3c2C(C1)C(=S)N3. The van der Waals surface area contributed by atoms with Crippen molar-refractivity contribution in [2.75, 3.05) is 12.4 Å². The van der Waals surface area contributed by atoms with E-state index in [1.54, 1.807) is 0 Å². The largest absolute Gasteiger partial charge is 0.349 e. The number of thiocarbonyl (C=S) groups is 1. The molecule has 0 bridgehead atoms. The van der Waals surface area contributed by atoms with Gasteiger partial charge in [-0.25, -0.2) is 0 Å². The number of anilines is 1. The highest BCUT2D eigenvalue weighted by Crippen LogP contribution is 2.42. The van der Waals surface area contributed by atoms with Gasteiger partial charge in [-0.2, -0.15) is 0 Å². The Labute approximate surface area is 95.1 Å². The van der Waals surface area contributed by atoms with E-state index < -0.39 is 0 Å². The van der Waals surface area contributed by atoms with Crippen LogP contribution in [0.3, 0.4) is 0 Å². The molecule has 0 aromatic heterocycles. The molecule has 1 aliphatic carbocycles. The van der Waals surface area contributed by atoms with E-state index in [-0.39, 0.29) is 0 Å². The number of hydrogen-bond donors (Lipinski definition) is 2. The van der Waals surface area contributed by atoms with Crippen molar-refractivity contribution in [3.63, 3.8) is 0 Å². The molecule has 0 fully saturated rings. The van der Waals surface area contributed by atoms with E-state index in [4.69, 9.17) is 12.2 Å². The summed E-state index contributed by atoms with van der Waals surface area (Å²) in [6.45, 7) is 0. The van der Waals surface area contributed by atoms with E-state index >= 15 is 0 Å². The highest BCUT2D eigenvalue weighted by Gasteiger charge is 2.35. The van der Waals surface area contributed by atoms with Crippen molar-refractivity contribution >= 4 is 22.9 Å². The van der Waals surface area contributed by atoms with Gasteiger partial charge in [0.1, 0.15) is 0 Å². The predicted molar refractivity (Wildman–Crippen MR) is 66.6 cm³/mol. The van der Waals surface area contributed by atoms with Crippen LogP contribution < -0.4 is 10.6 Å². The van der Waals surface area contributed by atoms with Gasteiger partial charge in [0, 0.05) is 17.6 Å². The molecule has 1 unspecified atom stereocenters. The molecule has 0 saturated heterocycles. The highest BCUT2D eigenvalue weighted by molar-refractivity contribution is 7.80. The molecule has 0 radical (unpaired) electrons. The van der Waals surface area contributed by atoms with Gasteiger partial charge in [-0.1, -0.05) is 24.4 Å². The molecule has 2 atom stereocenters. The molecule has 2 aliphatic rings. The lowest BCUT2D eigenvalue weighted by Gasteiger charge is -2.27. The fraction of sp³-hybridized carbons (Fsp3) is 0.417. The van der Waals surface area contributed by atoms with E-state index in [0.717, 1.165) is 17.8 Å². The Hall–Kier alpha value is -0.930. The van der Waals surface area contributed by atoms with Crippen LogP contribution in [-0.4, -0.2) is 18.1 Å². The third kappa shape index (κ3) is 1.30. The number of rotatable bonds is 1. The number of nitrogens with one attached hydrogen (secondary N) is 2. The fourth-order valence-electron chi connectivity index (χ4n) is 2.74. The first-order valence-electron chi connectivity index (χ1n) is 5.39. The second-order valence-corrected chi connectivity index (χ2v) is 4.79. The monoisotopic (exact) mass is 218 g/mol. The van der Waals surface area contributed by atoms with Gasteiger partial charge in [0.15, 0.2) is 0 Å². The normalized spacial score (nSPS) is 27.4. The summed E-state index contributed by atoms with van der Waals surface area (Å²) in [5, 5.41) is 6.69. The van der Waals surface area contributed by atoms with Gasteiger partial charge >= 0.3 is 0 Å². The molecule has 1 aromatic rings. The third-order valence-electron chi connectivity index (χ3n) is 3.51. The standard InChI is InChI=1S/C12H14N2S/c1-13-8-5-7-3-2-4-10-11(7)9(6-8)12(15)14-10/h2-4,8-9,13H,5-6H2,1H3,(H,14,15)/t8-,9?/m1/s1. The van der Waals surface area contributed by atoms with Crippen molar-refractivity contribution in [2.24, 2.45) is 0 Å². The lowest BCUT2D eigenvalue weighted by Crippen LogP contribution is -2.34. The fourth-order valence-corrected chi connectivity index (χ4v) is 3.06. The van der Waals surface area contributed by atoms with Crippen LogP contribution in [0.2, 0.25) is 0 Å². The number of hydrogen-bond acceptors (Lipinski definition) is 2. The summed E-state index contributed by atoms with van der Waals surface area (Å²) in [4.78, 5) is 0.998. The molecule has 3 rings (SSSR count). The smallest absolute Gasteiger partial charge is 0.0874 e. The van der Waals surface area contributed by atoms with E-state index in [1.807, 2.05) is 7.05 Å². The first-order valence-corrected chi connectivity index (χ1v) is 5.80. The van der Waals surface area contributed by atoms with Gasteiger partial charge in [0.05, 0.1) is 4.99 Å². The predicted octanol–water partition coefficient (Wildman–Crippen LogP) is 2.06. The number of benzene rings is 1. The van der Waals surface area contributed by atoms with E-state index in [1.165, 1.54) is 16.8 Å². The van der Waals surface area contributed by atoms with Crippen LogP contribution in [0.15, 0.2) is 18.2 Å². The van der Waals surface area contributed by atoms with E-state index in [2.05, 4.69) is 28.8 Å². The van der Waals surface area contributed by atoms with Gasteiger partial charge in [-0.3, -0.25) is 0 Å². The average Bonchev–Trinajstić information content (AvgIpc) is 2.58. The van der Waals surface area contributed by atoms with Crippen molar-refractivity contribution in [2.45, 2.75) is 24.8 Å². The van der Waals surface area contributed by atoms with Crippen LogP contribution in [0.1, 0.15) is 23.5 Å². The third-order valence-corrected chi connectivity index (χ3v) is 3.90. The Bertz CT molecular complexity index is 428. The van der Waals surface area contributed by atoms with Gasteiger partial charge in [0.25, 0.3) is 0 Å². The van der Waals surface area contributed by atoms with Crippen molar-refractivity contribution in [1.29, 1.82) is 0 Å². The Morgan fingerprint density at radius 2 is 2.33 bits per heavy atom. The summed E-state index contributed by atoms with van der Waals surface area (Å²) < 4.78 is 0. The van der Waals surface area contributed by atoms with Gasteiger partial charge in [-0.05, 0) is 37.1 Å². The second kappa shape index (κ2) is 3.29. The molecule has 1 aromatic carbocycles. The molecular weight excluding hydrogens is 204 g/mol. The van der Waals surface area contributed by atoms with Crippen LogP contribution in [0, 0.1) is 0 Å². The van der Waals surface area contributed by atoms with Crippen LogP contribution in [0.5, 0.6) is 0 Å². The van der Waals surface area contributed by atoms with Crippen molar-refractivity contribution in [3.05, 3.63) is 29.3 Å². The first kappa shape index (κ1) is 9.31. The van der Waals surface area contributed by atoms with Gasteiger partial charge in [-0.15, -0.1) is 0 Å². The summed E-state index contributed by atoms with van der Waals surface area (Å²) in [5.41, 5.74) is 4.14. The molecule has 2 N–H and O–H groups in total. The summed E-state index contributed by atoms with van der Waals surface area (Å²) in [7, 11) is 2.03. The lowest BCUT2D eigenvalue weighted by molar-refractivity contribution is 0.485. The summed E-state index contributed by atoms with van der Waals surface area (Å²) >= 11 is 5.40. The summed E-state index contributed by atoms with van der Waals surface area (Å²) in [6.07, 6.45) is 2.26. The van der Waals surface area contributed by atoms with Crippen LogP contribution in [0.4, 0.5) is 5.69 Å². The summed E-state index contributed by atoms with van der Waals surface area (Å²) in [6, 6.07) is 7.04. The Morgan fingerprint density at radius 1 is 1.47 bits per heavy atom. The minimum Gasteiger partial charge on any atom is -0.349 e. The van der Waals surface area contributed by atoms with E-state index in [9.17, 15) is 0 Å². The molecule has 0 amide bonds. The van der Waals surface area contributed by atoms with Crippen molar-refractivity contribution in [1.82, 2.24) is 5.32 Å². The molecule has 2 nitrogen and oxygen atoms in total. The van der Waals surface area contributed by atoms with Gasteiger partial charge < -0.3 is 10.6 Å². The topological polar surface area (TPSA) is 24.1 Å². The second-order valence-electron chi connectivity index (χ2n) is 4.35. The van der Waals surface area contributed by atoms with E-state index in [0.29, 0.717) is 12.0 Å². The maximum Gasteiger partial charge on any atom is 0.0874 e. The van der Waals surface area contributed by atoms with Crippen LogP contribution in [-0.2, 0) is 6.42 Å². The first-order chi connectivity index (χ1) is 7.29. The zero-order valence-electron chi connectivity index (χ0n) is 8.71. The number of likely N-dealkylation sites (N-methyl/N-ethyl adjacent to an activating group) is 1. The van der Waals surface area contributed by atoms with Gasteiger partial charge in [0.2, 0.25) is 0 Å². The molecule has 15 heavy (non-hydrogen) atoms. The van der Waals surface area contributed by atoms with Crippen molar-refractivity contribution < 1.29 is 0 Å². The van der Waals surface area contributed by atoms with Crippen molar-refractivity contribution in [3.8, 4) is 0 Å². The zero-order valence-corrected chi connectivity index (χ0v) is 9.53. The highest BCUT2D eigenvalue weighted by atomic mass is 32.1.